The van der Waals surface area contributed by atoms with E-state index in [1.54, 1.807) is 50.2 Å². The number of nitrogens with zero attached hydrogens (tertiary/aromatic N) is 2. The van der Waals surface area contributed by atoms with Crippen molar-refractivity contribution >= 4 is 23.2 Å². The van der Waals surface area contributed by atoms with Crippen molar-refractivity contribution in [2.75, 3.05) is 0 Å². The van der Waals surface area contributed by atoms with E-state index in [2.05, 4.69) is 21.1 Å². The van der Waals surface area contributed by atoms with Crippen LogP contribution in [-0.4, -0.2) is 33.5 Å². The van der Waals surface area contributed by atoms with Crippen molar-refractivity contribution < 1.29 is 19.8 Å². The van der Waals surface area contributed by atoms with Crippen molar-refractivity contribution in [1.82, 2.24) is 10.9 Å². The summed E-state index contributed by atoms with van der Waals surface area (Å²) in [5, 5.41) is 26.8. The van der Waals surface area contributed by atoms with E-state index in [-0.39, 0.29) is 24.3 Å². The molecule has 2 rings (SSSR count). The molecule has 0 radical (unpaired) electrons. The highest BCUT2D eigenvalue weighted by Gasteiger charge is 2.07. The van der Waals surface area contributed by atoms with Crippen molar-refractivity contribution in [3.63, 3.8) is 0 Å². The van der Waals surface area contributed by atoms with E-state index < -0.39 is 11.8 Å². The van der Waals surface area contributed by atoms with E-state index >= 15 is 0 Å². The van der Waals surface area contributed by atoms with Crippen LogP contribution in [0.15, 0.2) is 58.7 Å². The van der Waals surface area contributed by atoms with Crippen molar-refractivity contribution in [2.24, 2.45) is 10.2 Å². The third-order valence-corrected chi connectivity index (χ3v) is 3.80. The Morgan fingerprint density at radius 1 is 0.786 bits per heavy atom. The summed E-state index contributed by atoms with van der Waals surface area (Å²) >= 11 is 0. The first kappa shape index (κ1) is 20.6. The minimum atomic E-state index is -0.414. The van der Waals surface area contributed by atoms with Gasteiger partial charge in [-0.25, -0.2) is 10.9 Å². The zero-order chi connectivity index (χ0) is 20.5. The van der Waals surface area contributed by atoms with Gasteiger partial charge in [0.05, 0.1) is 11.4 Å². The van der Waals surface area contributed by atoms with Crippen LogP contribution in [0, 0.1) is 0 Å². The fourth-order valence-electron chi connectivity index (χ4n) is 2.22. The van der Waals surface area contributed by atoms with Crippen LogP contribution in [0.4, 0.5) is 0 Å². The normalized spacial score (nSPS) is 11.8. The van der Waals surface area contributed by atoms with Gasteiger partial charge in [-0.2, -0.15) is 10.2 Å². The summed E-state index contributed by atoms with van der Waals surface area (Å²) in [6.07, 6.45) is -0.104. The van der Waals surface area contributed by atoms with E-state index in [9.17, 15) is 19.8 Å². The smallest absolute Gasteiger partial charge is 0.240 e. The first-order valence-electron chi connectivity index (χ1n) is 8.60. The molecule has 8 heteroatoms. The first-order valence-corrected chi connectivity index (χ1v) is 8.60. The van der Waals surface area contributed by atoms with Gasteiger partial charge in [-0.3, -0.25) is 9.59 Å². The molecule has 0 saturated heterocycles. The number of nitrogens with one attached hydrogen (secondary N) is 2. The molecule has 4 N–H and O–H groups in total. The fourth-order valence-corrected chi connectivity index (χ4v) is 2.22. The molecule has 0 aliphatic rings. The fraction of sp³-hybridized carbons (Fsp3) is 0.200. The van der Waals surface area contributed by atoms with E-state index in [4.69, 9.17) is 0 Å². The van der Waals surface area contributed by atoms with Crippen LogP contribution in [0.3, 0.4) is 0 Å². The summed E-state index contributed by atoms with van der Waals surface area (Å²) in [4.78, 5) is 23.7. The molecule has 0 spiro atoms. The van der Waals surface area contributed by atoms with Crippen LogP contribution in [0.2, 0.25) is 0 Å². The molecule has 0 fully saturated rings. The summed E-state index contributed by atoms with van der Waals surface area (Å²) < 4.78 is 0. The molecule has 0 bridgehead atoms. The summed E-state index contributed by atoms with van der Waals surface area (Å²) in [5.41, 5.74) is 7.16. The van der Waals surface area contributed by atoms with Crippen LogP contribution in [0.1, 0.15) is 37.8 Å². The van der Waals surface area contributed by atoms with Gasteiger partial charge in [-0.15, -0.1) is 0 Å². The van der Waals surface area contributed by atoms with Crippen molar-refractivity contribution in [2.45, 2.75) is 26.7 Å². The topological polar surface area (TPSA) is 123 Å². The summed E-state index contributed by atoms with van der Waals surface area (Å²) in [5.74, 6) is -0.611. The number of amides is 2. The Morgan fingerprint density at radius 3 is 1.54 bits per heavy atom. The van der Waals surface area contributed by atoms with E-state index in [0.717, 1.165) is 0 Å². The van der Waals surface area contributed by atoms with Crippen LogP contribution in [0.25, 0.3) is 0 Å². The van der Waals surface area contributed by atoms with E-state index in [0.29, 0.717) is 22.6 Å². The number of carbonyl (C=O) groups is 2. The lowest BCUT2D eigenvalue weighted by molar-refractivity contribution is -0.126. The highest BCUT2D eigenvalue weighted by molar-refractivity contribution is 6.00. The van der Waals surface area contributed by atoms with E-state index in [1.807, 2.05) is 0 Å². The summed E-state index contributed by atoms with van der Waals surface area (Å²) in [7, 11) is 0. The maximum atomic E-state index is 11.8. The average molecular weight is 382 g/mol. The Hall–Kier alpha value is -3.68. The number of phenolic OH excluding ortho intramolecular Hbond substituents is 2. The molecule has 8 nitrogen and oxygen atoms in total. The molecule has 2 aromatic carbocycles. The number of hydrogen-bond donors (Lipinski definition) is 4. The van der Waals surface area contributed by atoms with Crippen molar-refractivity contribution in [3.05, 3.63) is 59.7 Å². The first-order chi connectivity index (χ1) is 13.3. The third kappa shape index (κ3) is 6.56. The molecule has 0 heterocycles. The van der Waals surface area contributed by atoms with Crippen LogP contribution >= 0.6 is 0 Å². The largest absolute Gasteiger partial charge is 0.508 e. The number of hydrazone groups is 2. The van der Waals surface area contributed by atoms with Gasteiger partial charge in [0, 0.05) is 24.0 Å². The van der Waals surface area contributed by atoms with Crippen LogP contribution in [0.5, 0.6) is 11.5 Å². The average Bonchev–Trinajstić information content (AvgIpc) is 2.68. The lowest BCUT2D eigenvalue weighted by Gasteiger charge is -2.04. The molecule has 0 saturated carbocycles. The Labute approximate surface area is 162 Å². The lowest BCUT2D eigenvalue weighted by Crippen LogP contribution is -2.24. The highest BCUT2D eigenvalue weighted by atomic mass is 16.3. The van der Waals surface area contributed by atoms with Gasteiger partial charge in [0.25, 0.3) is 0 Å². The predicted octanol–water partition coefficient (Wildman–Crippen LogP) is 2.26. The van der Waals surface area contributed by atoms with Gasteiger partial charge in [0.2, 0.25) is 11.8 Å². The minimum Gasteiger partial charge on any atom is -0.508 e. The Morgan fingerprint density at radius 2 is 1.18 bits per heavy atom. The minimum absolute atomic E-state index is 0.0522. The second-order valence-electron chi connectivity index (χ2n) is 6.07. The molecular formula is C20H22N4O4. The maximum Gasteiger partial charge on any atom is 0.240 e. The second kappa shape index (κ2) is 9.86. The molecule has 28 heavy (non-hydrogen) atoms. The molecule has 0 aliphatic carbocycles. The standard InChI is InChI=1S/C20H22N4O4/c1-13(15-5-3-7-17(25)11-15)21-23-19(27)9-10-20(28)24-22-14(2)16-6-4-8-18(26)12-16/h3-8,11-12,25-26H,9-10H2,1-2H3,(H,23,27)(H,24,28). The molecule has 2 amide bonds. The quantitative estimate of drug-likeness (QED) is 0.433. The maximum absolute atomic E-state index is 11.8. The number of rotatable bonds is 7. The highest BCUT2D eigenvalue weighted by Crippen LogP contribution is 2.12. The van der Waals surface area contributed by atoms with Gasteiger partial charge < -0.3 is 10.2 Å². The SMILES string of the molecule is CC(=NNC(=O)CCC(=O)NN=C(C)c1cccc(O)c1)c1cccc(O)c1. The van der Waals surface area contributed by atoms with Gasteiger partial charge in [0.15, 0.2) is 0 Å². The zero-order valence-electron chi connectivity index (χ0n) is 15.6. The number of aromatic hydroxyl groups is 2. The van der Waals surface area contributed by atoms with Crippen molar-refractivity contribution in [1.29, 1.82) is 0 Å². The third-order valence-electron chi connectivity index (χ3n) is 3.80. The Bertz CT molecular complexity index is 846. The monoisotopic (exact) mass is 382 g/mol. The van der Waals surface area contributed by atoms with E-state index in [1.165, 1.54) is 12.1 Å². The van der Waals surface area contributed by atoms with Crippen LogP contribution in [-0.2, 0) is 9.59 Å². The number of hydrogen-bond acceptors (Lipinski definition) is 6. The number of benzene rings is 2. The van der Waals surface area contributed by atoms with Gasteiger partial charge >= 0.3 is 0 Å². The van der Waals surface area contributed by atoms with Gasteiger partial charge in [-0.05, 0) is 38.1 Å². The molecule has 0 unspecified atom stereocenters. The lowest BCUT2D eigenvalue weighted by atomic mass is 10.1. The van der Waals surface area contributed by atoms with Crippen molar-refractivity contribution in [3.8, 4) is 11.5 Å². The second-order valence-corrected chi connectivity index (χ2v) is 6.07. The van der Waals surface area contributed by atoms with Gasteiger partial charge in [-0.1, -0.05) is 24.3 Å². The Kier molecular flexibility index (Phi) is 7.27. The molecule has 2 aromatic rings. The predicted molar refractivity (Wildman–Crippen MR) is 106 cm³/mol. The molecular weight excluding hydrogens is 360 g/mol. The zero-order valence-corrected chi connectivity index (χ0v) is 15.6. The summed E-state index contributed by atoms with van der Waals surface area (Å²) in [6, 6.07) is 13.0. The van der Waals surface area contributed by atoms with Gasteiger partial charge in [0.1, 0.15) is 11.5 Å². The Balaban J connectivity index is 1.79. The summed E-state index contributed by atoms with van der Waals surface area (Å²) in [6.45, 7) is 3.39. The molecule has 0 aliphatic heterocycles. The molecule has 0 aromatic heterocycles. The van der Waals surface area contributed by atoms with Crippen LogP contribution < -0.4 is 10.9 Å². The number of carbonyl (C=O) groups excluding carboxylic acids is 2. The molecule has 146 valence electrons. The number of phenols is 2. The molecule has 0 atom stereocenters.